The highest BCUT2D eigenvalue weighted by Gasteiger charge is 2.36. The molecular formula is C10H19IO. The van der Waals surface area contributed by atoms with Gasteiger partial charge in [0.25, 0.3) is 0 Å². The molecule has 1 aliphatic heterocycles. The molecule has 1 saturated heterocycles. The Bertz CT molecular complexity index is 125. The molecule has 0 bridgehead atoms. The van der Waals surface area contributed by atoms with Crippen LogP contribution in [0.15, 0.2) is 0 Å². The summed E-state index contributed by atoms with van der Waals surface area (Å²) in [6.45, 7) is 4.59. The minimum absolute atomic E-state index is 0.602. The molecule has 72 valence electrons. The summed E-state index contributed by atoms with van der Waals surface area (Å²) in [5.41, 5.74) is 0. The molecule has 0 spiro atoms. The molecule has 2 heteroatoms. The molecule has 0 saturated carbocycles. The van der Waals surface area contributed by atoms with Gasteiger partial charge < -0.3 is 4.74 Å². The van der Waals surface area contributed by atoms with Gasteiger partial charge in [0.15, 0.2) is 0 Å². The lowest BCUT2D eigenvalue weighted by molar-refractivity contribution is 0.365. The first-order valence-electron chi connectivity index (χ1n) is 4.95. The molecule has 0 aromatic heterocycles. The van der Waals surface area contributed by atoms with E-state index in [2.05, 4.69) is 36.4 Å². The van der Waals surface area contributed by atoms with Crippen LogP contribution in [0.1, 0.15) is 39.5 Å². The van der Waals surface area contributed by atoms with Gasteiger partial charge in [-0.3, -0.25) is 0 Å². The molecule has 0 radical (unpaired) electrons. The van der Waals surface area contributed by atoms with Crippen LogP contribution in [0.2, 0.25) is 0 Å². The lowest BCUT2D eigenvalue weighted by atomic mass is 10.0. The van der Waals surface area contributed by atoms with Gasteiger partial charge >= 0.3 is 0 Å². The first-order chi connectivity index (χ1) is 5.74. The molecule has 0 aromatic rings. The third-order valence-corrected chi connectivity index (χ3v) is 3.23. The van der Waals surface area contributed by atoms with Crippen molar-refractivity contribution in [2.45, 2.75) is 51.7 Å². The van der Waals surface area contributed by atoms with E-state index in [-0.39, 0.29) is 0 Å². The van der Waals surface area contributed by atoms with Crippen molar-refractivity contribution in [2.75, 3.05) is 4.43 Å². The largest absolute Gasteiger partial charge is 0.369 e. The van der Waals surface area contributed by atoms with Crippen LogP contribution >= 0.6 is 22.6 Å². The van der Waals surface area contributed by atoms with Crippen LogP contribution in [0.25, 0.3) is 0 Å². The second-order valence-corrected chi connectivity index (χ2v) is 4.93. The average molecular weight is 282 g/mol. The molecule has 0 amide bonds. The Kier molecular flexibility index (Phi) is 4.87. The zero-order valence-electron chi connectivity index (χ0n) is 8.05. The lowest BCUT2D eigenvalue weighted by Crippen LogP contribution is -1.95. The topological polar surface area (TPSA) is 12.5 Å². The summed E-state index contributed by atoms with van der Waals surface area (Å²) in [6.07, 6.45) is 6.63. The van der Waals surface area contributed by atoms with E-state index < -0.39 is 0 Å². The fourth-order valence-electron chi connectivity index (χ4n) is 1.47. The molecule has 1 aliphatic rings. The minimum atomic E-state index is 0.602. The summed E-state index contributed by atoms with van der Waals surface area (Å²) in [6, 6.07) is 0. The van der Waals surface area contributed by atoms with Crippen LogP contribution in [-0.2, 0) is 4.74 Å². The smallest absolute Gasteiger partial charge is 0.0931 e. The summed E-state index contributed by atoms with van der Waals surface area (Å²) < 4.78 is 6.64. The number of hydrogen-bond acceptors (Lipinski definition) is 1. The molecule has 1 rings (SSSR count). The van der Waals surface area contributed by atoms with Crippen molar-refractivity contribution in [3.63, 3.8) is 0 Å². The molecule has 0 unspecified atom stereocenters. The Labute approximate surface area is 89.4 Å². The fraction of sp³-hybridized carbons (Fsp3) is 1.00. The normalized spacial score (nSPS) is 28.0. The van der Waals surface area contributed by atoms with Gasteiger partial charge in [-0.1, -0.05) is 55.7 Å². The fourth-order valence-corrected chi connectivity index (χ4v) is 2.24. The Balaban J connectivity index is 1.84. The Morgan fingerprint density at radius 2 is 2.00 bits per heavy atom. The standard InChI is InChI=1S/C10H19IO/c1-8(2)5-3-4-6-9-10(7-11)12-9/h8-10H,3-7H2,1-2H3/t9-,10+/m1/s1. The summed E-state index contributed by atoms with van der Waals surface area (Å²) in [5, 5.41) is 0. The van der Waals surface area contributed by atoms with E-state index in [9.17, 15) is 0 Å². The van der Waals surface area contributed by atoms with E-state index in [0.29, 0.717) is 12.2 Å². The zero-order valence-corrected chi connectivity index (χ0v) is 10.2. The predicted molar refractivity (Wildman–Crippen MR) is 60.9 cm³/mol. The number of rotatable bonds is 6. The highest BCUT2D eigenvalue weighted by atomic mass is 127. The van der Waals surface area contributed by atoms with Gasteiger partial charge in [0.2, 0.25) is 0 Å². The van der Waals surface area contributed by atoms with Crippen molar-refractivity contribution in [3.8, 4) is 0 Å². The maximum Gasteiger partial charge on any atom is 0.0931 e. The maximum atomic E-state index is 5.47. The second-order valence-electron chi connectivity index (χ2n) is 4.05. The molecule has 1 fully saturated rings. The number of hydrogen-bond donors (Lipinski definition) is 0. The van der Waals surface area contributed by atoms with Crippen molar-refractivity contribution in [1.29, 1.82) is 0 Å². The molecule has 2 atom stereocenters. The van der Waals surface area contributed by atoms with Gasteiger partial charge in [-0.25, -0.2) is 0 Å². The van der Waals surface area contributed by atoms with Crippen LogP contribution in [0, 0.1) is 5.92 Å². The number of ether oxygens (including phenoxy) is 1. The van der Waals surface area contributed by atoms with Crippen molar-refractivity contribution in [1.82, 2.24) is 0 Å². The van der Waals surface area contributed by atoms with E-state index in [1.807, 2.05) is 0 Å². The Morgan fingerprint density at radius 1 is 1.25 bits per heavy atom. The predicted octanol–water partition coefficient (Wildman–Crippen LogP) is 3.41. The van der Waals surface area contributed by atoms with Gasteiger partial charge in [-0.2, -0.15) is 0 Å². The molecule has 12 heavy (non-hydrogen) atoms. The third-order valence-electron chi connectivity index (χ3n) is 2.36. The molecular weight excluding hydrogens is 263 g/mol. The average Bonchev–Trinajstić information content (AvgIpc) is 2.76. The van der Waals surface area contributed by atoms with E-state index in [1.165, 1.54) is 30.1 Å². The molecule has 1 nitrogen and oxygen atoms in total. The van der Waals surface area contributed by atoms with Gasteiger partial charge in [0.1, 0.15) is 0 Å². The lowest BCUT2D eigenvalue weighted by Gasteiger charge is -2.02. The first-order valence-corrected chi connectivity index (χ1v) is 6.48. The van der Waals surface area contributed by atoms with Crippen LogP contribution in [0.5, 0.6) is 0 Å². The van der Waals surface area contributed by atoms with Crippen LogP contribution in [0.4, 0.5) is 0 Å². The Morgan fingerprint density at radius 3 is 2.50 bits per heavy atom. The zero-order chi connectivity index (χ0) is 8.97. The number of unbranched alkanes of at least 4 members (excludes halogenated alkanes) is 1. The SMILES string of the molecule is CC(C)CCCC[C@H]1O[C@H]1CI. The third kappa shape index (κ3) is 4.08. The number of epoxide rings is 1. The quantitative estimate of drug-likeness (QED) is 0.315. The summed E-state index contributed by atoms with van der Waals surface area (Å²) in [5.74, 6) is 0.866. The first kappa shape index (κ1) is 10.8. The maximum absolute atomic E-state index is 5.47. The minimum Gasteiger partial charge on any atom is -0.369 e. The van der Waals surface area contributed by atoms with Crippen LogP contribution in [-0.4, -0.2) is 16.6 Å². The van der Waals surface area contributed by atoms with E-state index in [4.69, 9.17) is 4.74 Å². The molecule has 0 N–H and O–H groups in total. The molecule has 0 aromatic carbocycles. The van der Waals surface area contributed by atoms with Crippen LogP contribution < -0.4 is 0 Å². The second kappa shape index (κ2) is 5.43. The van der Waals surface area contributed by atoms with Gasteiger partial charge in [-0.15, -0.1) is 0 Å². The molecule has 1 heterocycles. The summed E-state index contributed by atoms with van der Waals surface area (Å²) >= 11 is 2.40. The monoisotopic (exact) mass is 282 g/mol. The summed E-state index contributed by atoms with van der Waals surface area (Å²) in [7, 11) is 0. The van der Waals surface area contributed by atoms with Crippen LogP contribution in [0.3, 0.4) is 0 Å². The van der Waals surface area contributed by atoms with Gasteiger partial charge in [-0.05, 0) is 12.3 Å². The van der Waals surface area contributed by atoms with Gasteiger partial charge in [0.05, 0.1) is 12.2 Å². The Hall–Kier alpha value is 0.690. The molecule has 0 aliphatic carbocycles. The summed E-state index contributed by atoms with van der Waals surface area (Å²) in [4.78, 5) is 0. The van der Waals surface area contributed by atoms with Crippen molar-refractivity contribution in [3.05, 3.63) is 0 Å². The number of halogens is 1. The van der Waals surface area contributed by atoms with Crippen molar-refractivity contribution < 1.29 is 4.74 Å². The highest BCUT2D eigenvalue weighted by Crippen LogP contribution is 2.28. The van der Waals surface area contributed by atoms with E-state index >= 15 is 0 Å². The van der Waals surface area contributed by atoms with Crippen molar-refractivity contribution in [2.24, 2.45) is 5.92 Å². The van der Waals surface area contributed by atoms with Gasteiger partial charge in [0, 0.05) is 4.43 Å². The van der Waals surface area contributed by atoms with Crippen molar-refractivity contribution >= 4 is 22.6 Å². The number of alkyl halides is 1. The van der Waals surface area contributed by atoms with E-state index in [1.54, 1.807) is 0 Å². The highest BCUT2D eigenvalue weighted by molar-refractivity contribution is 14.1. The van der Waals surface area contributed by atoms with E-state index in [0.717, 1.165) is 5.92 Å².